The third-order valence-electron chi connectivity index (χ3n) is 4.47. The molecule has 2 aromatic carbocycles. The molecule has 0 bridgehead atoms. The van der Waals surface area contributed by atoms with Crippen molar-refractivity contribution in [2.24, 2.45) is 0 Å². The van der Waals surface area contributed by atoms with Crippen molar-refractivity contribution in [1.29, 1.82) is 0 Å². The second-order valence-electron chi connectivity index (χ2n) is 6.73. The summed E-state index contributed by atoms with van der Waals surface area (Å²) in [6.45, 7) is -1.13. The molecular formula is C22H19ClN2O8S. The van der Waals surface area contributed by atoms with E-state index >= 15 is 0 Å². The van der Waals surface area contributed by atoms with E-state index in [0.29, 0.717) is 28.8 Å². The zero-order chi connectivity index (χ0) is 24.8. The monoisotopic (exact) mass is 506 g/mol. The molecule has 1 heterocycles. The summed E-state index contributed by atoms with van der Waals surface area (Å²) in [4.78, 5) is 49.4. The van der Waals surface area contributed by atoms with E-state index in [1.54, 1.807) is 30.3 Å². The summed E-state index contributed by atoms with van der Waals surface area (Å²) in [7, 11) is 2.84. The van der Waals surface area contributed by atoms with Crippen molar-refractivity contribution in [2.75, 3.05) is 32.7 Å². The quantitative estimate of drug-likeness (QED) is 0.490. The second kappa shape index (κ2) is 10.9. The second-order valence-corrected chi connectivity index (χ2v) is 8.13. The Morgan fingerprint density at radius 1 is 1.15 bits per heavy atom. The smallest absolute Gasteiger partial charge is 0.341 e. The van der Waals surface area contributed by atoms with Crippen molar-refractivity contribution < 1.29 is 38.5 Å². The van der Waals surface area contributed by atoms with Crippen LogP contribution < -0.4 is 19.5 Å². The lowest BCUT2D eigenvalue weighted by molar-refractivity contribution is -0.139. The summed E-state index contributed by atoms with van der Waals surface area (Å²) < 4.78 is 15.6. The first kappa shape index (κ1) is 24.9. The van der Waals surface area contributed by atoms with Crippen LogP contribution in [-0.2, 0) is 14.4 Å². The van der Waals surface area contributed by atoms with Gasteiger partial charge in [0.05, 0.1) is 24.1 Å². The molecule has 0 unspecified atom stereocenters. The lowest BCUT2D eigenvalue weighted by atomic mass is 10.1. The Morgan fingerprint density at radius 3 is 2.53 bits per heavy atom. The van der Waals surface area contributed by atoms with E-state index in [2.05, 4.69) is 5.32 Å². The van der Waals surface area contributed by atoms with Gasteiger partial charge in [0.2, 0.25) is 5.91 Å². The average Bonchev–Trinajstić information content (AvgIpc) is 3.05. The molecular weight excluding hydrogens is 488 g/mol. The van der Waals surface area contributed by atoms with Gasteiger partial charge in [-0.25, -0.2) is 4.79 Å². The number of amides is 3. The van der Waals surface area contributed by atoms with Crippen molar-refractivity contribution >= 4 is 58.1 Å². The van der Waals surface area contributed by atoms with Crippen LogP contribution in [0.15, 0.2) is 41.3 Å². The van der Waals surface area contributed by atoms with Crippen LogP contribution in [0.1, 0.15) is 5.56 Å². The number of para-hydroxylation sites is 1. The topological polar surface area (TPSA) is 131 Å². The number of anilines is 1. The van der Waals surface area contributed by atoms with Gasteiger partial charge in [0.1, 0.15) is 12.3 Å². The van der Waals surface area contributed by atoms with Gasteiger partial charge in [0, 0.05) is 11.3 Å². The number of ether oxygens (including phenoxy) is 3. The van der Waals surface area contributed by atoms with Gasteiger partial charge in [-0.05, 0) is 42.1 Å². The van der Waals surface area contributed by atoms with Gasteiger partial charge in [-0.1, -0.05) is 23.7 Å². The maximum Gasteiger partial charge on any atom is 0.341 e. The van der Waals surface area contributed by atoms with Crippen LogP contribution in [0.4, 0.5) is 10.5 Å². The van der Waals surface area contributed by atoms with E-state index < -0.39 is 36.2 Å². The third kappa shape index (κ3) is 5.80. The minimum absolute atomic E-state index is 0.0405. The highest BCUT2D eigenvalue weighted by molar-refractivity contribution is 8.18. The number of hydrogen-bond donors (Lipinski definition) is 2. The summed E-state index contributed by atoms with van der Waals surface area (Å²) in [6.07, 6.45) is 1.38. The third-order valence-corrected chi connectivity index (χ3v) is 5.67. The molecule has 34 heavy (non-hydrogen) atoms. The fourth-order valence-corrected chi connectivity index (χ4v) is 4.05. The minimum Gasteiger partial charge on any atom is -0.495 e. The van der Waals surface area contributed by atoms with Crippen molar-refractivity contribution in [3.63, 3.8) is 0 Å². The molecule has 178 valence electrons. The number of carboxylic acid groups (broad SMARTS) is 1. The summed E-state index contributed by atoms with van der Waals surface area (Å²) in [5.74, 6) is -1.68. The zero-order valence-electron chi connectivity index (χ0n) is 18.0. The van der Waals surface area contributed by atoms with E-state index in [0.717, 1.165) is 4.90 Å². The van der Waals surface area contributed by atoms with E-state index in [4.69, 9.17) is 30.9 Å². The molecule has 0 aliphatic carbocycles. The van der Waals surface area contributed by atoms with Gasteiger partial charge in [0.25, 0.3) is 11.1 Å². The highest BCUT2D eigenvalue weighted by Crippen LogP contribution is 2.37. The fourth-order valence-electron chi connectivity index (χ4n) is 2.96. The van der Waals surface area contributed by atoms with Crippen LogP contribution in [0.5, 0.6) is 17.2 Å². The number of aliphatic carboxylic acids is 1. The molecule has 1 aliphatic heterocycles. The maximum atomic E-state index is 12.8. The largest absolute Gasteiger partial charge is 0.495 e. The number of thioether (sulfide) groups is 1. The predicted octanol–water partition coefficient (Wildman–Crippen LogP) is 3.50. The summed E-state index contributed by atoms with van der Waals surface area (Å²) in [5.41, 5.74) is 0.707. The highest BCUT2D eigenvalue weighted by atomic mass is 35.5. The van der Waals surface area contributed by atoms with Crippen LogP contribution in [0, 0.1) is 0 Å². The number of carbonyl (C=O) groups excluding carboxylic acids is 3. The Balaban J connectivity index is 1.76. The molecule has 0 atom stereocenters. The van der Waals surface area contributed by atoms with Gasteiger partial charge in [-0.2, -0.15) is 0 Å². The Kier molecular flexibility index (Phi) is 8.03. The molecule has 3 amide bonds. The molecule has 2 N–H and O–H groups in total. The van der Waals surface area contributed by atoms with Crippen molar-refractivity contribution in [3.05, 3.63) is 51.9 Å². The van der Waals surface area contributed by atoms with Crippen LogP contribution in [-0.4, -0.2) is 60.4 Å². The molecule has 1 aliphatic rings. The first-order valence-electron chi connectivity index (χ1n) is 9.63. The number of nitrogens with one attached hydrogen (secondary N) is 1. The highest BCUT2D eigenvalue weighted by Gasteiger charge is 2.36. The molecule has 1 saturated heterocycles. The van der Waals surface area contributed by atoms with E-state index in [1.165, 1.54) is 26.4 Å². The molecule has 0 aromatic heterocycles. The van der Waals surface area contributed by atoms with Crippen LogP contribution in [0.25, 0.3) is 6.08 Å². The number of carboxylic acids is 1. The number of imide groups is 1. The van der Waals surface area contributed by atoms with Gasteiger partial charge in [-0.15, -0.1) is 0 Å². The Labute approximate surface area is 203 Å². The molecule has 1 fully saturated rings. The number of hydrogen-bond acceptors (Lipinski definition) is 8. The SMILES string of the molecule is COc1ccc(NC(=O)CN2C(=O)S/C(=C/c3cccc(OC)c3OCC(=O)O)C2=O)cc1Cl. The first-order valence-corrected chi connectivity index (χ1v) is 10.8. The summed E-state index contributed by atoms with van der Waals surface area (Å²) in [6, 6.07) is 9.38. The molecule has 2 aromatic rings. The minimum atomic E-state index is -1.19. The van der Waals surface area contributed by atoms with Crippen molar-refractivity contribution in [3.8, 4) is 17.2 Å². The number of carbonyl (C=O) groups is 4. The van der Waals surface area contributed by atoms with Crippen LogP contribution >= 0.6 is 23.4 Å². The van der Waals surface area contributed by atoms with E-state index in [-0.39, 0.29) is 21.4 Å². The maximum absolute atomic E-state index is 12.8. The molecule has 10 nitrogen and oxygen atoms in total. The van der Waals surface area contributed by atoms with Gasteiger partial charge in [-0.3, -0.25) is 19.3 Å². The number of nitrogens with zero attached hydrogens (tertiary/aromatic N) is 1. The normalized spacial score (nSPS) is 14.3. The van der Waals surface area contributed by atoms with Crippen molar-refractivity contribution in [1.82, 2.24) is 4.90 Å². The standard InChI is InChI=1S/C22H19ClN2O8S/c1-31-15-7-6-13(9-14(15)23)24-18(26)10-25-21(29)17(34-22(25)30)8-12-4-3-5-16(32-2)20(12)33-11-19(27)28/h3-9H,10-11H2,1-2H3,(H,24,26)(H,27,28)/b17-8+. The van der Waals surface area contributed by atoms with Gasteiger partial charge >= 0.3 is 5.97 Å². The van der Waals surface area contributed by atoms with Gasteiger partial charge in [0.15, 0.2) is 18.1 Å². The summed E-state index contributed by atoms with van der Waals surface area (Å²) >= 11 is 6.69. The number of halogens is 1. The number of rotatable bonds is 9. The van der Waals surface area contributed by atoms with E-state index in [1.807, 2.05) is 0 Å². The Hall–Kier alpha value is -3.70. The fraction of sp³-hybridized carbons (Fsp3) is 0.182. The zero-order valence-corrected chi connectivity index (χ0v) is 19.6. The van der Waals surface area contributed by atoms with Gasteiger partial charge < -0.3 is 24.6 Å². The first-order chi connectivity index (χ1) is 16.2. The summed E-state index contributed by atoms with van der Waals surface area (Å²) in [5, 5.41) is 11.1. The number of methoxy groups -OCH3 is 2. The van der Waals surface area contributed by atoms with Crippen LogP contribution in [0.3, 0.4) is 0 Å². The average molecular weight is 507 g/mol. The Morgan fingerprint density at radius 2 is 1.88 bits per heavy atom. The van der Waals surface area contributed by atoms with Crippen LogP contribution in [0.2, 0.25) is 5.02 Å². The molecule has 0 saturated carbocycles. The predicted molar refractivity (Wildman–Crippen MR) is 125 cm³/mol. The molecule has 12 heteroatoms. The molecule has 0 radical (unpaired) electrons. The molecule has 3 rings (SSSR count). The molecule has 0 spiro atoms. The lowest BCUT2D eigenvalue weighted by Crippen LogP contribution is -2.36. The van der Waals surface area contributed by atoms with Crippen molar-refractivity contribution in [2.45, 2.75) is 0 Å². The Bertz CT molecular complexity index is 1180. The van der Waals surface area contributed by atoms with E-state index in [9.17, 15) is 19.2 Å². The lowest BCUT2D eigenvalue weighted by Gasteiger charge is -2.13. The number of benzene rings is 2.